The van der Waals surface area contributed by atoms with Crippen molar-refractivity contribution in [1.29, 1.82) is 0 Å². The maximum atomic E-state index is 12.7. The summed E-state index contributed by atoms with van der Waals surface area (Å²) in [6, 6.07) is 22.8. The summed E-state index contributed by atoms with van der Waals surface area (Å²) in [6.45, 7) is 15.6. The van der Waals surface area contributed by atoms with Crippen molar-refractivity contribution < 1.29 is 29.3 Å². The van der Waals surface area contributed by atoms with E-state index in [4.69, 9.17) is 14.6 Å². The van der Waals surface area contributed by atoms with Gasteiger partial charge < -0.3 is 30.3 Å². The van der Waals surface area contributed by atoms with E-state index in [1.165, 1.54) is 12.8 Å². The number of carbonyl (C=O) groups is 2. The smallest absolute Gasteiger partial charge is 0.239 e. The number of nitrogens with one attached hydrogen (secondary N) is 2. The van der Waals surface area contributed by atoms with Gasteiger partial charge in [-0.05, 0) is 162 Å². The van der Waals surface area contributed by atoms with Gasteiger partial charge in [-0.3, -0.25) is 9.59 Å². The second-order valence-electron chi connectivity index (χ2n) is 19.8. The molecule has 0 saturated heterocycles. The number of rotatable bonds is 18. The van der Waals surface area contributed by atoms with E-state index >= 15 is 0 Å². The lowest BCUT2D eigenvalue weighted by Gasteiger charge is -2.19. The van der Waals surface area contributed by atoms with E-state index in [9.17, 15) is 19.8 Å². The molecule has 0 aliphatic heterocycles. The number of halogens is 1. The average Bonchev–Trinajstić information content (AvgIpc) is 4.18. The van der Waals surface area contributed by atoms with E-state index in [0.29, 0.717) is 71.0 Å². The molecule has 14 nitrogen and oxygen atoms in total. The number of hydrogen-bond donors (Lipinski definition) is 4. The van der Waals surface area contributed by atoms with Crippen LogP contribution in [0.25, 0.3) is 33.8 Å². The molecule has 3 aromatic carbocycles. The van der Waals surface area contributed by atoms with Crippen LogP contribution in [0.5, 0.6) is 17.4 Å². The summed E-state index contributed by atoms with van der Waals surface area (Å²) >= 11 is 3.46. The lowest BCUT2D eigenvalue weighted by atomic mass is 9.98. The molecule has 0 amide bonds. The minimum absolute atomic E-state index is 0.0823. The minimum atomic E-state index is -0.928. The molecule has 7 aromatic rings. The van der Waals surface area contributed by atoms with E-state index < -0.39 is 11.2 Å². The SMILES string of the molecule is Cc1cc(-c2cnc3c(NCC(C)(C)O)cc(Br)nn23)ccc1C(=O)CC1CC1.Cc1cc(-c2cnc3c(NCC(C)(C)O)cc(Oc4ccc(OC(C)C)cc4)nn23)ccc1C(=O)CC1CC1. The number of imidazole rings is 2. The van der Waals surface area contributed by atoms with Crippen LogP contribution in [0.15, 0.2) is 89.8 Å². The largest absolute Gasteiger partial charge is 0.491 e. The van der Waals surface area contributed by atoms with Gasteiger partial charge in [-0.25, -0.2) is 19.0 Å². The first-order valence-electron chi connectivity index (χ1n) is 23.4. The highest BCUT2D eigenvalue weighted by molar-refractivity contribution is 9.10. The van der Waals surface area contributed by atoms with Gasteiger partial charge in [0.2, 0.25) is 5.88 Å². The fourth-order valence-electron chi connectivity index (χ4n) is 7.85. The van der Waals surface area contributed by atoms with Crippen LogP contribution in [0.3, 0.4) is 0 Å². The van der Waals surface area contributed by atoms with Gasteiger partial charge in [0.25, 0.3) is 0 Å². The monoisotopic (exact) mass is 984 g/mol. The molecule has 15 heteroatoms. The molecule has 4 N–H and O–H groups in total. The summed E-state index contributed by atoms with van der Waals surface area (Å²) in [7, 11) is 0. The first kappa shape index (κ1) is 48.3. The van der Waals surface area contributed by atoms with Gasteiger partial charge in [-0.2, -0.15) is 5.10 Å². The van der Waals surface area contributed by atoms with Crippen molar-refractivity contribution >= 4 is 50.2 Å². The molecule has 356 valence electrons. The number of benzene rings is 3. The predicted molar refractivity (Wildman–Crippen MR) is 269 cm³/mol. The van der Waals surface area contributed by atoms with Crippen LogP contribution in [-0.2, 0) is 0 Å². The Morgan fingerprint density at radius 1 is 0.691 bits per heavy atom. The average molecular weight is 986 g/mol. The molecule has 4 aromatic heterocycles. The van der Waals surface area contributed by atoms with E-state index in [0.717, 1.165) is 69.0 Å². The zero-order chi connectivity index (χ0) is 48.5. The summed E-state index contributed by atoms with van der Waals surface area (Å²) in [4.78, 5) is 34.4. The van der Waals surface area contributed by atoms with Crippen molar-refractivity contribution in [2.24, 2.45) is 11.8 Å². The minimum Gasteiger partial charge on any atom is -0.491 e. The zero-order valence-electron chi connectivity index (χ0n) is 40.1. The van der Waals surface area contributed by atoms with E-state index in [1.807, 2.05) is 94.4 Å². The zero-order valence-corrected chi connectivity index (χ0v) is 41.6. The molecule has 2 saturated carbocycles. The Bertz CT molecular complexity index is 2960. The van der Waals surface area contributed by atoms with Crippen LogP contribution in [0.1, 0.15) is 112 Å². The highest BCUT2D eigenvalue weighted by Crippen LogP contribution is 2.36. The molecule has 68 heavy (non-hydrogen) atoms. The Labute approximate surface area is 405 Å². The Morgan fingerprint density at radius 3 is 1.59 bits per heavy atom. The number of nitrogens with zero attached hydrogens (tertiary/aromatic N) is 6. The maximum absolute atomic E-state index is 12.7. The number of aryl methyl sites for hydroxylation is 2. The number of hydrogen-bond acceptors (Lipinski definition) is 12. The molecule has 0 radical (unpaired) electrons. The van der Waals surface area contributed by atoms with Crippen LogP contribution >= 0.6 is 15.9 Å². The van der Waals surface area contributed by atoms with Gasteiger partial charge >= 0.3 is 0 Å². The number of ether oxygens (including phenoxy) is 2. The highest BCUT2D eigenvalue weighted by Gasteiger charge is 2.27. The predicted octanol–water partition coefficient (Wildman–Crippen LogP) is 11.1. The first-order chi connectivity index (χ1) is 32.3. The number of carbonyl (C=O) groups excluding carboxylic acids is 2. The van der Waals surface area contributed by atoms with Crippen LogP contribution in [0, 0.1) is 25.7 Å². The lowest BCUT2D eigenvalue weighted by Crippen LogP contribution is -2.29. The quantitative estimate of drug-likeness (QED) is 0.0599. The van der Waals surface area contributed by atoms with Crippen LogP contribution in [0.2, 0.25) is 0 Å². The molecular weight excluding hydrogens is 925 g/mol. The molecule has 0 bridgehead atoms. The van der Waals surface area contributed by atoms with Crippen molar-refractivity contribution in [3.8, 4) is 39.9 Å². The van der Waals surface area contributed by atoms with E-state index in [1.54, 1.807) is 55.2 Å². The maximum Gasteiger partial charge on any atom is 0.239 e. The summed E-state index contributed by atoms with van der Waals surface area (Å²) in [5.41, 5.74) is 7.93. The molecule has 9 rings (SSSR count). The third-order valence-electron chi connectivity index (χ3n) is 11.7. The molecule has 0 unspecified atom stereocenters. The van der Waals surface area contributed by atoms with Crippen LogP contribution < -0.4 is 20.1 Å². The number of aliphatic hydroxyl groups is 2. The van der Waals surface area contributed by atoms with Crippen LogP contribution in [-0.4, -0.2) is 81.4 Å². The highest BCUT2D eigenvalue weighted by atomic mass is 79.9. The van der Waals surface area contributed by atoms with Gasteiger partial charge in [-0.1, -0.05) is 24.3 Å². The van der Waals surface area contributed by atoms with Crippen molar-refractivity contribution in [2.75, 3.05) is 23.7 Å². The Hall–Kier alpha value is -6.16. The van der Waals surface area contributed by atoms with Crippen LogP contribution in [0.4, 0.5) is 11.4 Å². The molecule has 4 heterocycles. The fourth-order valence-corrected chi connectivity index (χ4v) is 8.24. The van der Waals surface area contributed by atoms with Crippen molar-refractivity contribution in [1.82, 2.24) is 29.2 Å². The van der Waals surface area contributed by atoms with Gasteiger partial charge in [0.1, 0.15) is 16.1 Å². The summed E-state index contributed by atoms with van der Waals surface area (Å²) in [5.74, 6) is 3.31. The van der Waals surface area contributed by atoms with Gasteiger partial charge in [0.05, 0.1) is 52.5 Å². The van der Waals surface area contributed by atoms with E-state index in [-0.39, 0.29) is 17.7 Å². The normalized spacial score (nSPS) is 13.9. The Kier molecular flexibility index (Phi) is 14.1. The van der Waals surface area contributed by atoms with Gasteiger partial charge in [0.15, 0.2) is 22.9 Å². The van der Waals surface area contributed by atoms with E-state index in [2.05, 4.69) is 41.6 Å². The Morgan fingerprint density at radius 2 is 1.15 bits per heavy atom. The number of anilines is 2. The van der Waals surface area contributed by atoms with Gasteiger partial charge in [-0.15, -0.1) is 5.10 Å². The van der Waals surface area contributed by atoms with Crippen molar-refractivity contribution in [3.05, 3.63) is 112 Å². The second-order valence-corrected chi connectivity index (χ2v) is 20.6. The molecular formula is C53H61BrN8O6. The molecule has 0 spiro atoms. The summed E-state index contributed by atoms with van der Waals surface area (Å²) < 4.78 is 16.0. The number of aromatic nitrogens is 6. The lowest BCUT2D eigenvalue weighted by molar-refractivity contribution is 0.0939. The molecule has 0 atom stereocenters. The number of Topliss-reactive ketones (excluding diaryl/α,β-unsaturated/α-hetero) is 2. The summed E-state index contributed by atoms with van der Waals surface area (Å²) in [6.07, 6.45) is 9.56. The van der Waals surface area contributed by atoms with Crippen molar-refractivity contribution in [2.45, 2.75) is 111 Å². The third kappa shape index (κ3) is 12.3. The fraction of sp³-hybridized carbons (Fsp3) is 0.396. The third-order valence-corrected chi connectivity index (χ3v) is 12.1. The number of fused-ring (bicyclic) bond motifs is 2. The van der Waals surface area contributed by atoms with Gasteiger partial charge in [0, 0.05) is 54.3 Å². The molecule has 2 fully saturated rings. The second kappa shape index (κ2) is 19.8. The standard InChI is InChI=1S/C31H36N4O4.C22H25BrN4O2/c1-19(2)38-23-9-11-24(12-10-23)39-29-16-26(33-18-31(4,5)37)30-32-17-27(35(30)34-29)22-8-13-25(20(3)14-22)28(36)15-21-6-7-21;1-13-8-15(6-7-16(13)19(28)9-14-4-5-14)18-11-24-21-17(25-12-22(2,3)29)10-20(23)26-27(18)21/h8-14,16-17,19,21,33,37H,6-7,15,18H2,1-5H3;6-8,10-11,14,25,29H,4-5,9,12H2,1-3H3. The van der Waals surface area contributed by atoms with Crippen molar-refractivity contribution in [3.63, 3.8) is 0 Å². The summed E-state index contributed by atoms with van der Waals surface area (Å²) in [5, 5.41) is 36.2. The molecule has 2 aliphatic rings. The topological polar surface area (TPSA) is 177 Å². The molecule has 2 aliphatic carbocycles. The first-order valence-corrected chi connectivity index (χ1v) is 24.1. The Balaban J connectivity index is 0.000000192. The number of ketones is 2.